The fraction of sp³-hybridized carbons (Fsp3) is 0.500. The number of benzene rings is 1. The van der Waals surface area contributed by atoms with Crippen LogP contribution < -0.4 is 10.3 Å². The van der Waals surface area contributed by atoms with Gasteiger partial charge in [-0.1, -0.05) is 25.0 Å². The van der Waals surface area contributed by atoms with Crippen molar-refractivity contribution in [1.29, 1.82) is 0 Å². The van der Waals surface area contributed by atoms with Gasteiger partial charge in [-0.25, -0.2) is 13.1 Å². The van der Waals surface area contributed by atoms with Gasteiger partial charge in [-0.15, -0.1) is 0 Å². The van der Waals surface area contributed by atoms with Crippen molar-refractivity contribution in [2.75, 3.05) is 6.54 Å². The predicted octanol–water partition coefficient (Wildman–Crippen LogP) is 2.55. The zero-order chi connectivity index (χ0) is 17.3. The molecule has 130 valence electrons. The summed E-state index contributed by atoms with van der Waals surface area (Å²) in [7, 11) is -3.26. The number of fused-ring (bicyclic) bond motifs is 1. The summed E-state index contributed by atoms with van der Waals surface area (Å²) in [6.07, 6.45) is 3.84. The molecular formula is C18H24N2O3S. The molecule has 0 radical (unpaired) electrons. The normalized spacial score (nSPS) is 16.1. The Labute approximate surface area is 142 Å². The summed E-state index contributed by atoms with van der Waals surface area (Å²) in [5.74, 6) is 0. The highest BCUT2D eigenvalue weighted by Gasteiger charge is 2.28. The number of H-pyrrole nitrogens is 1. The number of pyridine rings is 1. The summed E-state index contributed by atoms with van der Waals surface area (Å²) in [6, 6.07) is 5.88. The number of aromatic nitrogens is 1. The third-order valence-electron chi connectivity index (χ3n) is 5.07. The molecule has 0 atom stereocenters. The fourth-order valence-electron chi connectivity index (χ4n) is 3.40. The zero-order valence-corrected chi connectivity index (χ0v) is 15.0. The SMILES string of the molecule is Cc1ccc2cc(CCNS(=O)(=O)C3CCCC3)c(=O)[nH]c2c1C. The molecule has 0 bridgehead atoms. The molecule has 1 aromatic carbocycles. The smallest absolute Gasteiger partial charge is 0.251 e. The molecule has 6 heteroatoms. The van der Waals surface area contributed by atoms with Gasteiger partial charge in [-0.05, 0) is 55.7 Å². The van der Waals surface area contributed by atoms with Crippen LogP contribution in [0.1, 0.15) is 42.4 Å². The van der Waals surface area contributed by atoms with Crippen LogP contribution in [0, 0.1) is 13.8 Å². The maximum atomic E-state index is 12.3. The lowest BCUT2D eigenvalue weighted by molar-refractivity contribution is 0.564. The van der Waals surface area contributed by atoms with Gasteiger partial charge in [0, 0.05) is 12.1 Å². The fourth-order valence-corrected chi connectivity index (χ4v) is 4.98. The van der Waals surface area contributed by atoms with Crippen LogP contribution in [0.25, 0.3) is 10.9 Å². The Balaban J connectivity index is 1.75. The lowest BCUT2D eigenvalue weighted by Crippen LogP contribution is -2.34. The highest BCUT2D eigenvalue weighted by Crippen LogP contribution is 2.24. The third kappa shape index (κ3) is 3.39. The third-order valence-corrected chi connectivity index (χ3v) is 7.02. The van der Waals surface area contributed by atoms with Crippen molar-refractivity contribution in [1.82, 2.24) is 9.71 Å². The van der Waals surface area contributed by atoms with Gasteiger partial charge >= 0.3 is 0 Å². The Bertz CT molecular complexity index is 910. The molecule has 2 N–H and O–H groups in total. The molecule has 0 amide bonds. The van der Waals surface area contributed by atoms with E-state index in [1.807, 2.05) is 32.0 Å². The van der Waals surface area contributed by atoms with E-state index in [2.05, 4.69) is 9.71 Å². The number of aromatic amines is 1. The van der Waals surface area contributed by atoms with E-state index in [1.165, 1.54) is 0 Å². The van der Waals surface area contributed by atoms with Gasteiger partial charge in [0.15, 0.2) is 0 Å². The van der Waals surface area contributed by atoms with Crippen LogP contribution in [0.4, 0.5) is 0 Å². The molecule has 3 rings (SSSR count). The summed E-state index contributed by atoms with van der Waals surface area (Å²) in [5, 5.41) is 0.712. The largest absolute Gasteiger partial charge is 0.321 e. The average molecular weight is 348 g/mol. The van der Waals surface area contributed by atoms with Gasteiger partial charge in [0.05, 0.1) is 10.8 Å². The molecule has 1 aliphatic carbocycles. The van der Waals surface area contributed by atoms with Crippen LogP contribution in [0.3, 0.4) is 0 Å². The first-order chi connectivity index (χ1) is 11.4. The van der Waals surface area contributed by atoms with Gasteiger partial charge in [0.1, 0.15) is 0 Å². The van der Waals surface area contributed by atoms with Gasteiger partial charge in [0.25, 0.3) is 5.56 Å². The summed E-state index contributed by atoms with van der Waals surface area (Å²) in [4.78, 5) is 15.2. The van der Waals surface area contributed by atoms with Crippen molar-refractivity contribution >= 4 is 20.9 Å². The van der Waals surface area contributed by atoms with Crippen molar-refractivity contribution in [3.8, 4) is 0 Å². The monoisotopic (exact) mass is 348 g/mol. The van der Waals surface area contributed by atoms with Crippen LogP contribution in [0.2, 0.25) is 0 Å². The van der Waals surface area contributed by atoms with E-state index in [0.717, 1.165) is 47.7 Å². The van der Waals surface area contributed by atoms with E-state index in [4.69, 9.17) is 0 Å². The maximum Gasteiger partial charge on any atom is 0.251 e. The first kappa shape index (κ1) is 17.2. The van der Waals surface area contributed by atoms with Crippen LogP contribution in [0.15, 0.2) is 23.0 Å². The molecule has 1 saturated carbocycles. The molecule has 1 aliphatic rings. The first-order valence-electron chi connectivity index (χ1n) is 8.49. The van der Waals surface area contributed by atoms with Crippen molar-refractivity contribution in [2.24, 2.45) is 0 Å². The lowest BCUT2D eigenvalue weighted by Gasteiger charge is -2.12. The number of hydrogen-bond donors (Lipinski definition) is 2. The summed E-state index contributed by atoms with van der Waals surface area (Å²) in [6.45, 7) is 4.26. The Kier molecular flexibility index (Phi) is 4.78. The second-order valence-corrected chi connectivity index (χ2v) is 8.74. The minimum atomic E-state index is -3.26. The van der Waals surface area contributed by atoms with Crippen molar-refractivity contribution in [3.05, 3.63) is 45.2 Å². The standard InChI is InChI=1S/C18H24N2O3S/c1-12-7-8-14-11-15(18(21)20-17(14)13(12)2)9-10-19-24(22,23)16-5-3-4-6-16/h7-8,11,16,19H,3-6,9-10H2,1-2H3,(H,20,21). The molecule has 24 heavy (non-hydrogen) atoms. The lowest BCUT2D eigenvalue weighted by atomic mass is 10.0. The summed E-state index contributed by atoms with van der Waals surface area (Å²) >= 11 is 0. The van der Waals surface area contributed by atoms with Crippen molar-refractivity contribution < 1.29 is 8.42 Å². The Hall–Kier alpha value is -1.66. The topological polar surface area (TPSA) is 79.0 Å². The molecule has 1 aromatic heterocycles. The molecular weight excluding hydrogens is 324 g/mol. The van der Waals surface area contributed by atoms with E-state index in [-0.39, 0.29) is 17.4 Å². The first-order valence-corrected chi connectivity index (χ1v) is 10.0. The number of aryl methyl sites for hydroxylation is 2. The van der Waals surface area contributed by atoms with Crippen LogP contribution in [0.5, 0.6) is 0 Å². The minimum absolute atomic E-state index is 0.142. The molecule has 2 aromatic rings. The Morgan fingerprint density at radius 3 is 2.62 bits per heavy atom. The van der Waals surface area contributed by atoms with Crippen LogP contribution in [-0.4, -0.2) is 25.2 Å². The number of hydrogen-bond acceptors (Lipinski definition) is 3. The second kappa shape index (κ2) is 6.69. The van der Waals surface area contributed by atoms with Gasteiger partial charge in [0.2, 0.25) is 10.0 Å². The molecule has 0 spiro atoms. The van der Waals surface area contributed by atoms with Gasteiger partial charge in [-0.3, -0.25) is 4.79 Å². The summed E-state index contributed by atoms with van der Waals surface area (Å²) < 4.78 is 27.1. The van der Waals surface area contributed by atoms with Crippen molar-refractivity contribution in [3.63, 3.8) is 0 Å². The zero-order valence-electron chi connectivity index (χ0n) is 14.2. The Morgan fingerprint density at radius 2 is 1.92 bits per heavy atom. The van der Waals surface area contributed by atoms with E-state index in [0.29, 0.717) is 12.0 Å². The van der Waals surface area contributed by atoms with Crippen LogP contribution >= 0.6 is 0 Å². The second-order valence-electron chi connectivity index (χ2n) is 6.69. The highest BCUT2D eigenvalue weighted by molar-refractivity contribution is 7.90. The van der Waals surface area contributed by atoms with E-state index >= 15 is 0 Å². The van der Waals surface area contributed by atoms with Gasteiger partial charge in [-0.2, -0.15) is 0 Å². The van der Waals surface area contributed by atoms with E-state index < -0.39 is 10.0 Å². The summed E-state index contributed by atoms with van der Waals surface area (Å²) in [5.41, 5.74) is 3.53. The molecule has 0 unspecified atom stereocenters. The molecule has 1 heterocycles. The maximum absolute atomic E-state index is 12.3. The quantitative estimate of drug-likeness (QED) is 0.871. The number of rotatable bonds is 5. The molecule has 0 saturated heterocycles. The average Bonchev–Trinajstić information content (AvgIpc) is 3.08. The van der Waals surface area contributed by atoms with Gasteiger partial charge < -0.3 is 4.98 Å². The molecule has 0 aliphatic heterocycles. The minimum Gasteiger partial charge on any atom is -0.321 e. The predicted molar refractivity (Wildman–Crippen MR) is 96.9 cm³/mol. The van der Waals surface area contributed by atoms with Crippen molar-refractivity contribution in [2.45, 2.75) is 51.2 Å². The number of sulfonamides is 1. The Morgan fingerprint density at radius 1 is 1.21 bits per heavy atom. The van der Waals surface area contributed by atoms with Crippen LogP contribution in [-0.2, 0) is 16.4 Å². The molecule has 1 fully saturated rings. The number of nitrogens with one attached hydrogen (secondary N) is 2. The van der Waals surface area contributed by atoms with E-state index in [9.17, 15) is 13.2 Å². The highest BCUT2D eigenvalue weighted by atomic mass is 32.2. The molecule has 5 nitrogen and oxygen atoms in total. The van der Waals surface area contributed by atoms with E-state index in [1.54, 1.807) is 0 Å².